The monoisotopic (exact) mass is 253 g/mol. The topological polar surface area (TPSA) is 44.5 Å². The van der Waals surface area contributed by atoms with Crippen molar-refractivity contribution in [3.63, 3.8) is 0 Å². The third-order valence-corrected chi connectivity index (χ3v) is 5.46. The number of hydrogen-bond donors (Lipinski definition) is 1. The van der Waals surface area contributed by atoms with Crippen LogP contribution in [0.1, 0.15) is 64.7 Å². The van der Waals surface area contributed by atoms with Crippen LogP contribution in [0.15, 0.2) is 0 Å². The molecular formula is C15H27NO2. The fourth-order valence-corrected chi connectivity index (χ4v) is 4.09. The Balaban J connectivity index is 1.59. The molecular weight excluding hydrogens is 226 g/mol. The number of hydrogen-bond acceptors (Lipinski definition) is 3. The minimum Gasteiger partial charge on any atom is -0.377 e. The Labute approximate surface area is 110 Å². The molecule has 18 heavy (non-hydrogen) atoms. The van der Waals surface area contributed by atoms with Crippen LogP contribution in [0.5, 0.6) is 0 Å². The lowest BCUT2D eigenvalue weighted by molar-refractivity contribution is -0.0740. The predicted octanol–water partition coefficient (Wildman–Crippen LogP) is 2.76. The molecule has 1 saturated carbocycles. The molecule has 2 N–H and O–H groups in total. The van der Waals surface area contributed by atoms with Crippen LogP contribution in [-0.4, -0.2) is 30.0 Å². The maximum absolute atomic E-state index is 6.50. The van der Waals surface area contributed by atoms with E-state index in [-0.39, 0.29) is 17.2 Å². The molecule has 0 bridgehead atoms. The molecule has 3 heteroatoms. The minimum absolute atomic E-state index is 0.148. The van der Waals surface area contributed by atoms with Crippen molar-refractivity contribution >= 4 is 0 Å². The lowest BCUT2D eigenvalue weighted by Gasteiger charge is -2.35. The standard InChI is InChI=1S/C15H27NO2/c1-12-15(16,9-10-17-12)11-13-5-8-14(18-13)6-3-2-4-7-14/h12-13H,2-11,16H2,1H3. The molecule has 2 saturated heterocycles. The summed E-state index contributed by atoms with van der Waals surface area (Å²) >= 11 is 0. The third kappa shape index (κ3) is 2.33. The maximum Gasteiger partial charge on any atom is 0.0728 e. The first-order chi connectivity index (χ1) is 8.62. The van der Waals surface area contributed by atoms with E-state index < -0.39 is 0 Å². The second-order valence-electron chi connectivity index (χ2n) is 6.72. The van der Waals surface area contributed by atoms with Crippen molar-refractivity contribution in [1.29, 1.82) is 0 Å². The van der Waals surface area contributed by atoms with Gasteiger partial charge in [-0.15, -0.1) is 0 Å². The molecule has 1 spiro atoms. The van der Waals surface area contributed by atoms with Gasteiger partial charge in [-0.3, -0.25) is 0 Å². The van der Waals surface area contributed by atoms with Crippen LogP contribution in [0, 0.1) is 0 Å². The van der Waals surface area contributed by atoms with Crippen molar-refractivity contribution < 1.29 is 9.47 Å². The molecule has 3 nitrogen and oxygen atoms in total. The second-order valence-corrected chi connectivity index (χ2v) is 6.72. The normalized spacial score (nSPS) is 43.7. The van der Waals surface area contributed by atoms with Gasteiger partial charge in [0.15, 0.2) is 0 Å². The van der Waals surface area contributed by atoms with E-state index in [0.717, 1.165) is 19.4 Å². The molecule has 0 aromatic carbocycles. The Morgan fingerprint density at radius 3 is 2.56 bits per heavy atom. The molecule has 0 aromatic heterocycles. The zero-order chi connectivity index (χ0) is 12.6. The summed E-state index contributed by atoms with van der Waals surface area (Å²) in [6.45, 7) is 2.92. The van der Waals surface area contributed by atoms with Gasteiger partial charge in [0.05, 0.1) is 17.8 Å². The van der Waals surface area contributed by atoms with Gasteiger partial charge in [0.1, 0.15) is 0 Å². The number of nitrogens with two attached hydrogens (primary N) is 1. The molecule has 2 heterocycles. The van der Waals surface area contributed by atoms with E-state index in [1.165, 1.54) is 44.9 Å². The van der Waals surface area contributed by atoms with Gasteiger partial charge in [-0.25, -0.2) is 0 Å². The Morgan fingerprint density at radius 1 is 1.11 bits per heavy atom. The first-order valence-corrected chi connectivity index (χ1v) is 7.70. The Morgan fingerprint density at radius 2 is 1.89 bits per heavy atom. The van der Waals surface area contributed by atoms with Gasteiger partial charge in [-0.05, 0) is 45.4 Å². The molecule has 3 atom stereocenters. The number of ether oxygens (including phenoxy) is 2. The van der Waals surface area contributed by atoms with Crippen LogP contribution in [0.4, 0.5) is 0 Å². The average Bonchev–Trinajstić information content (AvgIpc) is 2.87. The highest BCUT2D eigenvalue weighted by molar-refractivity contribution is 5.00. The van der Waals surface area contributed by atoms with Gasteiger partial charge in [0.25, 0.3) is 0 Å². The highest BCUT2D eigenvalue weighted by atomic mass is 16.5. The molecule has 3 rings (SSSR count). The van der Waals surface area contributed by atoms with Crippen LogP contribution in [0.3, 0.4) is 0 Å². The minimum atomic E-state index is -0.148. The van der Waals surface area contributed by atoms with Crippen LogP contribution < -0.4 is 5.73 Å². The van der Waals surface area contributed by atoms with Crippen molar-refractivity contribution in [2.24, 2.45) is 5.73 Å². The van der Waals surface area contributed by atoms with Gasteiger partial charge < -0.3 is 15.2 Å². The number of rotatable bonds is 2. The summed E-state index contributed by atoms with van der Waals surface area (Å²) in [6.07, 6.45) is 11.6. The van der Waals surface area contributed by atoms with E-state index in [0.29, 0.717) is 6.10 Å². The van der Waals surface area contributed by atoms with Crippen LogP contribution in [0.2, 0.25) is 0 Å². The van der Waals surface area contributed by atoms with Crippen LogP contribution in [-0.2, 0) is 9.47 Å². The van der Waals surface area contributed by atoms with E-state index in [9.17, 15) is 0 Å². The smallest absolute Gasteiger partial charge is 0.0728 e. The second kappa shape index (κ2) is 4.77. The highest BCUT2D eigenvalue weighted by Crippen LogP contribution is 2.44. The Kier molecular flexibility index (Phi) is 3.41. The lowest BCUT2D eigenvalue weighted by Crippen LogP contribution is -2.48. The van der Waals surface area contributed by atoms with Crippen molar-refractivity contribution in [2.45, 2.75) is 88.1 Å². The van der Waals surface area contributed by atoms with Crippen molar-refractivity contribution in [2.75, 3.05) is 6.61 Å². The molecule has 3 aliphatic rings. The highest BCUT2D eigenvalue weighted by Gasteiger charge is 2.46. The van der Waals surface area contributed by atoms with Gasteiger partial charge >= 0.3 is 0 Å². The Bertz CT molecular complexity index is 301. The molecule has 0 amide bonds. The summed E-state index contributed by atoms with van der Waals surface area (Å²) in [5.41, 5.74) is 6.57. The largest absolute Gasteiger partial charge is 0.377 e. The summed E-state index contributed by atoms with van der Waals surface area (Å²) in [7, 11) is 0. The summed E-state index contributed by atoms with van der Waals surface area (Å²) in [4.78, 5) is 0. The quantitative estimate of drug-likeness (QED) is 0.823. The molecule has 0 aromatic rings. The zero-order valence-electron chi connectivity index (χ0n) is 11.6. The van der Waals surface area contributed by atoms with Crippen LogP contribution in [0.25, 0.3) is 0 Å². The molecule has 2 aliphatic heterocycles. The molecule has 1 aliphatic carbocycles. The SMILES string of the molecule is CC1OCCC1(N)CC1CCC2(CCCCC2)O1. The lowest BCUT2D eigenvalue weighted by atomic mass is 9.82. The van der Waals surface area contributed by atoms with Gasteiger partial charge in [-0.2, -0.15) is 0 Å². The van der Waals surface area contributed by atoms with Gasteiger partial charge in [0, 0.05) is 12.1 Å². The maximum atomic E-state index is 6.50. The van der Waals surface area contributed by atoms with Gasteiger partial charge in [-0.1, -0.05) is 19.3 Å². The molecule has 104 valence electrons. The molecule has 3 unspecified atom stereocenters. The molecule has 3 fully saturated rings. The van der Waals surface area contributed by atoms with E-state index in [4.69, 9.17) is 15.2 Å². The Hall–Kier alpha value is -0.120. The third-order valence-electron chi connectivity index (χ3n) is 5.46. The van der Waals surface area contributed by atoms with Crippen molar-refractivity contribution in [1.82, 2.24) is 0 Å². The van der Waals surface area contributed by atoms with Gasteiger partial charge in [0.2, 0.25) is 0 Å². The zero-order valence-corrected chi connectivity index (χ0v) is 11.6. The fourth-order valence-electron chi connectivity index (χ4n) is 4.09. The molecule has 0 radical (unpaired) electrons. The van der Waals surface area contributed by atoms with E-state index >= 15 is 0 Å². The average molecular weight is 253 g/mol. The predicted molar refractivity (Wildman–Crippen MR) is 71.5 cm³/mol. The summed E-state index contributed by atoms with van der Waals surface area (Å²) < 4.78 is 12.1. The van der Waals surface area contributed by atoms with E-state index in [2.05, 4.69) is 6.92 Å². The van der Waals surface area contributed by atoms with E-state index in [1.54, 1.807) is 0 Å². The summed E-state index contributed by atoms with van der Waals surface area (Å²) in [5, 5.41) is 0. The van der Waals surface area contributed by atoms with Crippen molar-refractivity contribution in [3.05, 3.63) is 0 Å². The van der Waals surface area contributed by atoms with Crippen molar-refractivity contribution in [3.8, 4) is 0 Å². The first-order valence-electron chi connectivity index (χ1n) is 7.70. The summed E-state index contributed by atoms with van der Waals surface area (Å²) in [5.74, 6) is 0. The first kappa shape index (κ1) is 12.9. The van der Waals surface area contributed by atoms with E-state index in [1.807, 2.05) is 0 Å². The summed E-state index contributed by atoms with van der Waals surface area (Å²) in [6, 6.07) is 0. The fraction of sp³-hybridized carbons (Fsp3) is 1.00. The van der Waals surface area contributed by atoms with Crippen LogP contribution >= 0.6 is 0 Å².